The highest BCUT2D eigenvalue weighted by atomic mass is 32.2. The molecule has 0 unspecified atom stereocenters. The summed E-state index contributed by atoms with van der Waals surface area (Å²) in [5.74, 6) is -5.52. The van der Waals surface area contributed by atoms with E-state index in [1.165, 1.54) is 72.7 Å². The second kappa shape index (κ2) is 31.2. The lowest BCUT2D eigenvalue weighted by Gasteiger charge is -2.38. The van der Waals surface area contributed by atoms with Crippen LogP contribution in [0.25, 0.3) is 27.5 Å². The van der Waals surface area contributed by atoms with Gasteiger partial charge in [-0.3, -0.25) is 43.2 Å². The maximum Gasteiger partial charge on any atom is 0.246 e. The number of methoxy groups -OCH3 is 1. The van der Waals surface area contributed by atoms with Crippen molar-refractivity contribution in [3.05, 3.63) is 113 Å². The number of benzene rings is 3. The third-order valence-corrected chi connectivity index (χ3v) is 21.7. The summed E-state index contributed by atoms with van der Waals surface area (Å²) in [6.45, 7) is 6.48. The van der Waals surface area contributed by atoms with Crippen LogP contribution in [0.1, 0.15) is 120 Å². The van der Waals surface area contributed by atoms with Gasteiger partial charge in [0.05, 0.1) is 30.6 Å². The van der Waals surface area contributed by atoms with E-state index < -0.39 is 113 Å². The average molecular weight is 1390 g/mol. The molecule has 9 amide bonds. The number of fused-ring (bicyclic) bond motifs is 7. The summed E-state index contributed by atoms with van der Waals surface area (Å²) in [5, 5.41) is 41.0. The van der Waals surface area contributed by atoms with Crippen molar-refractivity contribution in [2.75, 3.05) is 38.2 Å². The number of aliphatic hydroxyl groups excluding tert-OH is 1. The zero-order chi connectivity index (χ0) is 69.5. The summed E-state index contributed by atoms with van der Waals surface area (Å²) in [4.78, 5) is 138. The summed E-state index contributed by atoms with van der Waals surface area (Å²) in [7, 11) is 1.66. The highest BCUT2D eigenvalue weighted by molar-refractivity contribution is 7.98. The predicted molar refractivity (Wildman–Crippen MR) is 364 cm³/mol. The number of hydrogen-bond acceptors (Lipinski definition) is 15. The zero-order valence-corrected chi connectivity index (χ0v) is 57.3. The number of thioether (sulfide) groups is 2. The van der Waals surface area contributed by atoms with Gasteiger partial charge in [-0.1, -0.05) is 11.3 Å². The van der Waals surface area contributed by atoms with E-state index in [-0.39, 0.29) is 82.6 Å². The number of aromatic amines is 1. The highest BCUT2D eigenvalue weighted by Gasteiger charge is 2.49. The number of hydrogen-bond donors (Lipinski definition) is 9. The fraction of sp³-hybridized carbons (Fsp3) is 0.522. The van der Waals surface area contributed by atoms with Gasteiger partial charge in [0.25, 0.3) is 0 Å². The number of aromatic nitrogens is 5. The van der Waals surface area contributed by atoms with Crippen LogP contribution in [0.4, 0.5) is 8.78 Å². The minimum Gasteiger partial charge on any atom is -0.391 e. The number of aliphatic hydroxyl groups is 1. The standard InChI is InChI=1S/C69H86F2N14O11S2/c1-38-61(88)75-39(2)62(89)76-54(28-44-32-73-53-15-11-46(70)30-51(44)53)63(90)77-56-29-45-33-82(57-16-12-47(71)31-52(45)57)34-48-35-85(81-80-48)49-25-42(36-97-22-17-59(87)74-38)24-43(26-49)37-98-23-19-72-68(95)69(4)18-7-21-84(69)67(94)55(27-41-9-13-50(96-5)14-10-41)78-65(92)60(40(3)86)79-64(91)58-8-6-20-83(58)66(56)93/h11-12,15-16,24-26,30-33,35,38-41,50,54-56,58,60,73,86H,6-10,13-14,17-23,27-29,34,36-37H2,1-5H3,(H,72,95)(H,74,87)(H,75,88)(H,76,89)(H,77,90)(H,78,92)(H,79,91)/t38-,39+,40+,41?,50?,54-,55-,56+,58-,60-,69-/m0/s1. The Morgan fingerprint density at radius 2 is 1.44 bits per heavy atom. The van der Waals surface area contributed by atoms with Crippen molar-refractivity contribution in [3.8, 4) is 5.69 Å². The number of amides is 9. The number of nitrogens with zero attached hydrogens (tertiary/aromatic N) is 6. The number of halogens is 2. The quantitative estimate of drug-likeness (QED) is 0.113. The highest BCUT2D eigenvalue weighted by Crippen LogP contribution is 2.35. The number of carbonyl (C=O) groups is 9. The number of rotatable bonds is 6. The molecule has 0 radical (unpaired) electrons. The van der Waals surface area contributed by atoms with E-state index >= 15 is 18.8 Å². The van der Waals surface area contributed by atoms with Crippen LogP contribution in [0.15, 0.2) is 73.2 Å². The Balaban J connectivity index is 0.997. The van der Waals surface area contributed by atoms with Crippen molar-refractivity contribution < 1.29 is 61.8 Å². The van der Waals surface area contributed by atoms with Gasteiger partial charge in [0.2, 0.25) is 53.2 Å². The molecule has 25 nitrogen and oxygen atoms in total. The van der Waals surface area contributed by atoms with Crippen molar-refractivity contribution in [2.45, 2.75) is 183 Å². The first kappa shape index (κ1) is 70.9. The van der Waals surface area contributed by atoms with Crippen LogP contribution in [-0.4, -0.2) is 191 Å². The van der Waals surface area contributed by atoms with Gasteiger partial charge >= 0.3 is 0 Å². The van der Waals surface area contributed by atoms with Gasteiger partial charge in [-0.15, -0.1) is 5.10 Å². The third-order valence-electron chi connectivity index (χ3n) is 19.6. The fourth-order valence-electron chi connectivity index (χ4n) is 14.2. The summed E-state index contributed by atoms with van der Waals surface area (Å²) in [5.41, 5.74) is 3.54. The molecule has 2 saturated heterocycles. The largest absolute Gasteiger partial charge is 0.391 e. The van der Waals surface area contributed by atoms with Crippen LogP contribution < -0.4 is 37.2 Å². The van der Waals surface area contributed by atoms with Gasteiger partial charge in [-0.25, -0.2) is 13.5 Å². The number of ether oxygens (including phenoxy) is 1. The Morgan fingerprint density at radius 1 is 0.735 bits per heavy atom. The minimum atomic E-state index is -1.66. The van der Waals surface area contributed by atoms with Gasteiger partial charge in [-0.05, 0) is 162 Å². The van der Waals surface area contributed by atoms with Crippen LogP contribution in [0, 0.1) is 17.6 Å². The van der Waals surface area contributed by atoms with Gasteiger partial charge in [0.15, 0.2) is 0 Å². The molecule has 9 atom stereocenters. The van der Waals surface area contributed by atoms with Crippen LogP contribution in [0.3, 0.4) is 0 Å². The first-order chi connectivity index (χ1) is 47.0. The average Bonchev–Trinajstić information content (AvgIpc) is 1.48. The predicted octanol–water partition coefficient (Wildman–Crippen LogP) is 4.11. The lowest BCUT2D eigenvalue weighted by atomic mass is 9.82. The molecule has 3 fully saturated rings. The molecule has 3 aromatic carbocycles. The topological polar surface area (TPSA) is 325 Å². The molecular weight excluding hydrogens is 1300 g/mol. The van der Waals surface area contributed by atoms with Crippen molar-refractivity contribution in [1.82, 2.24) is 71.6 Å². The lowest BCUT2D eigenvalue weighted by molar-refractivity contribution is -0.147. The summed E-state index contributed by atoms with van der Waals surface area (Å²) >= 11 is 3.08. The first-order valence-electron chi connectivity index (χ1n) is 33.7. The summed E-state index contributed by atoms with van der Waals surface area (Å²) < 4.78 is 39.8. The molecule has 1 saturated carbocycles. The number of nitrogens with one attached hydrogen (secondary N) is 8. The van der Waals surface area contributed by atoms with E-state index in [4.69, 9.17) is 4.74 Å². The smallest absolute Gasteiger partial charge is 0.246 e. The van der Waals surface area contributed by atoms with E-state index in [0.29, 0.717) is 93.0 Å². The zero-order valence-electron chi connectivity index (χ0n) is 55.6. The molecule has 4 aliphatic heterocycles. The van der Waals surface area contributed by atoms with E-state index in [9.17, 15) is 38.3 Å². The Morgan fingerprint density at radius 3 is 2.18 bits per heavy atom. The van der Waals surface area contributed by atoms with E-state index in [1.807, 2.05) is 16.7 Å². The Labute approximate surface area is 574 Å². The second-order valence-corrected chi connectivity index (χ2v) is 28.9. The summed E-state index contributed by atoms with van der Waals surface area (Å²) in [6.07, 6.45) is 7.24. The van der Waals surface area contributed by atoms with Crippen LogP contribution in [0.5, 0.6) is 0 Å². The van der Waals surface area contributed by atoms with Crippen LogP contribution in [-0.2, 0) is 78.8 Å². The molecule has 524 valence electrons. The Kier molecular flexibility index (Phi) is 22.6. The maximum absolute atomic E-state index is 15.8. The third kappa shape index (κ3) is 16.5. The molecule has 1 aliphatic carbocycles. The molecule has 5 aliphatic rings. The van der Waals surface area contributed by atoms with Gasteiger partial charge < -0.3 is 66.4 Å². The van der Waals surface area contributed by atoms with E-state index in [0.717, 1.165) is 24.0 Å². The molecule has 9 N–H and O–H groups in total. The van der Waals surface area contributed by atoms with Crippen LogP contribution in [0.2, 0.25) is 0 Å². The van der Waals surface area contributed by atoms with Gasteiger partial charge in [-0.2, -0.15) is 23.5 Å². The molecular formula is C69H86F2N14O11S2. The molecule has 0 spiro atoms. The summed E-state index contributed by atoms with van der Waals surface area (Å²) in [6, 6.07) is 4.58. The normalized spacial score (nSPS) is 27.1. The van der Waals surface area contributed by atoms with E-state index in [1.54, 1.807) is 55.1 Å². The minimum absolute atomic E-state index is 0.0236. The first-order valence-corrected chi connectivity index (χ1v) is 36.0. The Hall–Kier alpha value is -8.41. The molecule has 8 bridgehead atoms. The molecule has 29 heteroatoms. The molecule has 6 aromatic rings. The monoisotopic (exact) mass is 1390 g/mol. The van der Waals surface area contributed by atoms with Gasteiger partial charge in [0, 0.05) is 103 Å². The number of carbonyl (C=O) groups excluding carboxylic acids is 9. The van der Waals surface area contributed by atoms with Crippen molar-refractivity contribution >= 4 is 98.5 Å². The Bertz CT molecular complexity index is 3990. The molecule has 98 heavy (non-hydrogen) atoms. The second-order valence-electron chi connectivity index (χ2n) is 26.7. The number of H-pyrrole nitrogens is 1. The molecule has 11 rings (SSSR count). The van der Waals surface area contributed by atoms with Gasteiger partial charge in [0.1, 0.15) is 65.2 Å². The SMILES string of the molecule is COC1CCC(C[C@@H]2NC(=O)[C@H]([C@@H](C)O)NC(=O)[C@@H]3CCCN3C(=O)[C@H]3Cc4cn(c5ccc(F)cc45)Cc4cn(nn4)-c4cc(cc(c4)CSCCC(=O)N[C@@H](C)C(=O)N[C@H](C)C(=O)N[C@@H](Cc4c[nH]c5ccc(F)cc45)C(=O)N3)CSCCNC(=O)[C@]3(C)CCCN3C2=O)CC1. The fourth-order valence-corrected chi connectivity index (χ4v) is 15.8. The van der Waals surface area contributed by atoms with Crippen molar-refractivity contribution in [2.24, 2.45) is 5.92 Å². The van der Waals surface area contributed by atoms with Crippen molar-refractivity contribution in [3.63, 3.8) is 0 Å². The molecule has 3 aromatic heterocycles. The van der Waals surface area contributed by atoms with E-state index in [2.05, 4.69) is 58.6 Å². The lowest BCUT2D eigenvalue weighted by Crippen LogP contribution is -2.63. The maximum atomic E-state index is 15.8. The van der Waals surface area contributed by atoms with Crippen LogP contribution >= 0.6 is 23.5 Å². The molecule has 7 heterocycles. The van der Waals surface area contributed by atoms with Crippen molar-refractivity contribution in [1.29, 1.82) is 0 Å².